The number of carbonyl (C=O) groups is 1. The van der Waals surface area contributed by atoms with Crippen molar-refractivity contribution >= 4 is 22.6 Å². The zero-order valence-electron chi connectivity index (χ0n) is 16.3. The van der Waals surface area contributed by atoms with Crippen LogP contribution in [0.4, 0.5) is 5.69 Å². The summed E-state index contributed by atoms with van der Waals surface area (Å²) in [6.07, 6.45) is 1.19. The molecule has 3 rings (SSSR count). The largest absolute Gasteiger partial charge is 0.326 e. The summed E-state index contributed by atoms with van der Waals surface area (Å²) in [7, 11) is 0. The molecule has 2 aromatic carbocycles. The quantitative estimate of drug-likeness (QED) is 0.747. The van der Waals surface area contributed by atoms with Gasteiger partial charge in [-0.25, -0.2) is 4.98 Å². The zero-order valence-corrected chi connectivity index (χ0v) is 16.3. The molecule has 0 saturated carbocycles. The van der Waals surface area contributed by atoms with Gasteiger partial charge in [-0.2, -0.15) is 0 Å². The Bertz CT molecular complexity index is 1050. The van der Waals surface area contributed by atoms with E-state index < -0.39 is 0 Å². The van der Waals surface area contributed by atoms with E-state index in [1.165, 1.54) is 5.56 Å². The van der Waals surface area contributed by atoms with Crippen LogP contribution in [0, 0.1) is 20.8 Å². The molecule has 1 N–H and O–H groups in total. The fraction of sp³-hybridized carbons (Fsp3) is 0.318. The maximum atomic E-state index is 12.6. The van der Waals surface area contributed by atoms with E-state index >= 15 is 0 Å². The highest BCUT2D eigenvalue weighted by Gasteiger charge is 2.11. The lowest BCUT2D eigenvalue weighted by molar-refractivity contribution is -0.116. The number of rotatable bonds is 5. The van der Waals surface area contributed by atoms with Crippen molar-refractivity contribution in [3.05, 3.63) is 69.1 Å². The van der Waals surface area contributed by atoms with Crippen molar-refractivity contribution < 1.29 is 4.79 Å². The van der Waals surface area contributed by atoms with Gasteiger partial charge in [-0.15, -0.1) is 0 Å². The Kier molecular flexibility index (Phi) is 5.40. The summed E-state index contributed by atoms with van der Waals surface area (Å²) in [4.78, 5) is 29.4. The van der Waals surface area contributed by atoms with Crippen molar-refractivity contribution in [2.75, 3.05) is 5.32 Å². The third kappa shape index (κ3) is 4.08. The van der Waals surface area contributed by atoms with Gasteiger partial charge in [0.1, 0.15) is 5.69 Å². The smallest absolute Gasteiger partial charge is 0.272 e. The number of aryl methyl sites for hydroxylation is 5. The van der Waals surface area contributed by atoms with Gasteiger partial charge in [-0.3, -0.25) is 9.59 Å². The first-order valence-corrected chi connectivity index (χ1v) is 9.26. The number of aromatic nitrogens is 2. The lowest BCUT2D eigenvalue weighted by Crippen LogP contribution is -2.26. The van der Waals surface area contributed by atoms with Crippen molar-refractivity contribution in [1.29, 1.82) is 0 Å². The number of hydrogen-bond donors (Lipinski definition) is 1. The molecule has 0 aliphatic heterocycles. The molecule has 1 heterocycles. The van der Waals surface area contributed by atoms with E-state index in [1.807, 2.05) is 50.2 Å². The van der Waals surface area contributed by atoms with Gasteiger partial charge < -0.3 is 9.88 Å². The van der Waals surface area contributed by atoms with E-state index in [-0.39, 0.29) is 17.9 Å². The summed E-state index contributed by atoms with van der Waals surface area (Å²) in [6, 6.07) is 11.8. The molecule has 0 bridgehead atoms. The Morgan fingerprint density at radius 1 is 1.07 bits per heavy atom. The van der Waals surface area contributed by atoms with Gasteiger partial charge in [0.15, 0.2) is 0 Å². The minimum Gasteiger partial charge on any atom is -0.326 e. The van der Waals surface area contributed by atoms with Crippen LogP contribution >= 0.6 is 0 Å². The first-order chi connectivity index (χ1) is 12.9. The summed E-state index contributed by atoms with van der Waals surface area (Å²) >= 11 is 0. The van der Waals surface area contributed by atoms with Gasteiger partial charge in [0.2, 0.25) is 5.91 Å². The Hall–Kier alpha value is -2.95. The predicted molar refractivity (Wildman–Crippen MR) is 109 cm³/mol. The minimum atomic E-state index is -0.147. The Balaban J connectivity index is 1.81. The fourth-order valence-corrected chi connectivity index (χ4v) is 3.11. The van der Waals surface area contributed by atoms with Crippen LogP contribution in [0.25, 0.3) is 11.0 Å². The number of nitrogens with one attached hydrogen (secondary N) is 1. The Labute approximate surface area is 159 Å². The van der Waals surface area contributed by atoms with E-state index in [4.69, 9.17) is 0 Å². The number of amides is 1. The third-order valence-corrected chi connectivity index (χ3v) is 4.93. The van der Waals surface area contributed by atoms with Crippen molar-refractivity contribution in [3.8, 4) is 0 Å². The van der Waals surface area contributed by atoms with Crippen LogP contribution in [0.15, 0.2) is 41.2 Å². The van der Waals surface area contributed by atoms with Crippen LogP contribution in [0.5, 0.6) is 0 Å². The fourth-order valence-electron chi connectivity index (χ4n) is 3.11. The van der Waals surface area contributed by atoms with Gasteiger partial charge >= 0.3 is 0 Å². The maximum Gasteiger partial charge on any atom is 0.272 e. The van der Waals surface area contributed by atoms with Crippen molar-refractivity contribution in [2.24, 2.45) is 0 Å². The van der Waals surface area contributed by atoms with Gasteiger partial charge in [0.25, 0.3) is 5.56 Å². The second-order valence-electron chi connectivity index (χ2n) is 6.93. The molecule has 0 saturated heterocycles. The topological polar surface area (TPSA) is 64.0 Å². The molecule has 5 nitrogen and oxygen atoms in total. The van der Waals surface area contributed by atoms with Gasteiger partial charge in [-0.1, -0.05) is 19.1 Å². The summed E-state index contributed by atoms with van der Waals surface area (Å²) in [5.41, 5.74) is 6.08. The monoisotopic (exact) mass is 363 g/mol. The van der Waals surface area contributed by atoms with Crippen LogP contribution in [-0.4, -0.2) is 15.5 Å². The van der Waals surface area contributed by atoms with Gasteiger partial charge in [0.05, 0.1) is 11.0 Å². The van der Waals surface area contributed by atoms with Crippen molar-refractivity contribution in [3.63, 3.8) is 0 Å². The summed E-state index contributed by atoms with van der Waals surface area (Å²) in [6.45, 7) is 8.16. The normalized spacial score (nSPS) is 11.0. The molecule has 1 amide bonds. The highest BCUT2D eigenvalue weighted by atomic mass is 16.2. The van der Waals surface area contributed by atoms with Crippen LogP contribution in [0.3, 0.4) is 0 Å². The van der Waals surface area contributed by atoms with Crippen LogP contribution in [-0.2, 0) is 17.8 Å². The standard InChI is InChI=1S/C22H25N3O2/c1-5-17-6-8-18(9-7-17)24-21(26)10-11-25-20-13-15(3)14(2)12-19(20)23-16(4)22(25)27/h6-9,12-13H,5,10-11H2,1-4H3,(H,24,26). The number of nitrogens with zero attached hydrogens (tertiary/aromatic N) is 2. The highest BCUT2D eigenvalue weighted by molar-refractivity contribution is 5.90. The molecule has 1 aromatic heterocycles. The molecule has 0 aliphatic carbocycles. The summed E-state index contributed by atoms with van der Waals surface area (Å²) in [5, 5.41) is 2.90. The highest BCUT2D eigenvalue weighted by Crippen LogP contribution is 2.17. The lowest BCUT2D eigenvalue weighted by atomic mass is 10.1. The number of anilines is 1. The molecule has 5 heteroatoms. The number of benzene rings is 2. The van der Waals surface area contributed by atoms with Crippen LogP contribution < -0.4 is 10.9 Å². The van der Waals surface area contributed by atoms with Crippen LogP contribution in [0.2, 0.25) is 0 Å². The number of carbonyl (C=O) groups excluding carboxylic acids is 1. The SMILES string of the molecule is CCc1ccc(NC(=O)CCn2c(=O)c(C)nc3cc(C)c(C)cc32)cc1. The number of fused-ring (bicyclic) bond motifs is 1. The first-order valence-electron chi connectivity index (χ1n) is 9.26. The van der Waals surface area contributed by atoms with E-state index in [9.17, 15) is 9.59 Å². The molecule has 0 unspecified atom stereocenters. The van der Waals surface area contributed by atoms with E-state index in [0.29, 0.717) is 12.2 Å². The van der Waals surface area contributed by atoms with E-state index in [2.05, 4.69) is 17.2 Å². The second-order valence-corrected chi connectivity index (χ2v) is 6.93. The molecular formula is C22H25N3O2. The zero-order chi connectivity index (χ0) is 19.6. The maximum absolute atomic E-state index is 12.6. The van der Waals surface area contributed by atoms with Gasteiger partial charge in [0, 0.05) is 18.7 Å². The first kappa shape index (κ1) is 18.8. The number of hydrogen-bond acceptors (Lipinski definition) is 3. The molecule has 0 radical (unpaired) electrons. The van der Waals surface area contributed by atoms with Crippen molar-refractivity contribution in [1.82, 2.24) is 9.55 Å². The molecule has 3 aromatic rings. The van der Waals surface area contributed by atoms with Crippen molar-refractivity contribution in [2.45, 2.75) is 47.1 Å². The molecular weight excluding hydrogens is 338 g/mol. The minimum absolute atomic E-state index is 0.113. The lowest BCUT2D eigenvalue weighted by Gasteiger charge is -2.13. The Morgan fingerprint density at radius 3 is 2.41 bits per heavy atom. The summed E-state index contributed by atoms with van der Waals surface area (Å²) < 4.78 is 1.66. The Morgan fingerprint density at radius 2 is 1.74 bits per heavy atom. The van der Waals surface area contributed by atoms with Gasteiger partial charge in [-0.05, 0) is 68.1 Å². The average Bonchev–Trinajstić information content (AvgIpc) is 2.65. The third-order valence-electron chi connectivity index (χ3n) is 4.93. The summed E-state index contributed by atoms with van der Waals surface area (Å²) in [5.74, 6) is -0.113. The van der Waals surface area contributed by atoms with E-state index in [1.54, 1.807) is 11.5 Å². The molecule has 27 heavy (non-hydrogen) atoms. The molecule has 0 aliphatic rings. The van der Waals surface area contributed by atoms with E-state index in [0.717, 1.165) is 34.3 Å². The van der Waals surface area contributed by atoms with Crippen LogP contribution in [0.1, 0.15) is 35.7 Å². The average molecular weight is 363 g/mol. The second kappa shape index (κ2) is 7.74. The molecule has 140 valence electrons. The molecule has 0 fully saturated rings. The molecule has 0 spiro atoms. The predicted octanol–water partition coefficient (Wildman–Crippen LogP) is 3.91. The molecule has 0 atom stereocenters.